The Hall–Kier alpha value is -1.59. The molecule has 16 heavy (non-hydrogen) atoms. The van der Waals surface area contributed by atoms with Crippen LogP contribution in [0.3, 0.4) is 0 Å². The molecule has 0 aliphatic heterocycles. The first kappa shape index (κ1) is 7.65. The van der Waals surface area contributed by atoms with Gasteiger partial charge in [-0.15, -0.1) is 0 Å². The molecule has 0 amide bonds. The molecule has 6 heteroatoms. The molecule has 1 atom stereocenters. The third kappa shape index (κ3) is 2.95. The van der Waals surface area contributed by atoms with Gasteiger partial charge < -0.3 is 16.6 Å². The van der Waals surface area contributed by atoms with Crippen molar-refractivity contribution in [3.8, 4) is 0 Å². The normalized spacial score (nSPS) is 18.6. The molecule has 0 saturated carbocycles. The van der Waals surface area contributed by atoms with Crippen LogP contribution in [0.4, 0.5) is 5.69 Å². The van der Waals surface area contributed by atoms with Gasteiger partial charge in [0.15, 0.2) is 5.78 Å². The fourth-order valence-corrected chi connectivity index (χ4v) is 1.09. The maximum Gasteiger partial charge on any atom is 0.320 e. The van der Waals surface area contributed by atoms with Crippen LogP contribution in [0.5, 0.6) is 0 Å². The van der Waals surface area contributed by atoms with E-state index in [0.717, 1.165) is 12.1 Å². The summed E-state index contributed by atoms with van der Waals surface area (Å²) in [6, 6.07) is -1.54. The molecule has 5 N–H and O–H groups in total. The van der Waals surface area contributed by atoms with Crippen molar-refractivity contribution in [3.05, 3.63) is 28.8 Å². The lowest BCUT2D eigenvalue weighted by Gasteiger charge is -2.07. The zero-order valence-electron chi connectivity index (χ0n) is 12.0. The number of Topliss-reactive ketones (excluding diaryl/α,β-unsaturated/α-hetero) is 1. The van der Waals surface area contributed by atoms with Crippen LogP contribution in [0.2, 0.25) is 5.02 Å². The Morgan fingerprint density at radius 1 is 1.75 bits per heavy atom. The second-order valence-electron chi connectivity index (χ2n) is 2.82. The summed E-state index contributed by atoms with van der Waals surface area (Å²) in [6.07, 6.45) is -3.28. The molecule has 1 aromatic rings. The summed E-state index contributed by atoms with van der Waals surface area (Å²) in [5.74, 6) is -3.48. The van der Waals surface area contributed by atoms with Gasteiger partial charge in [0.1, 0.15) is 6.02 Å². The number of halogens is 1. The molecular formula is C10H11ClN2O3. The highest BCUT2D eigenvalue weighted by Crippen LogP contribution is 2.19. The molecule has 1 rings (SSSR count). The standard InChI is InChI=1S/C10H11ClN2O3/c11-5-1-2-6(7(12)3-5)9(14)4-8(13)10(15)16/h1-3,8H,4,12-13H2,(H,15,16)/i2D,4D2,8D. The number of nitrogens with two attached hydrogens (primary N) is 2. The number of nitrogen functional groups attached to an aromatic ring is 1. The van der Waals surface area contributed by atoms with Crippen molar-refractivity contribution in [2.75, 3.05) is 5.73 Å². The summed E-state index contributed by atoms with van der Waals surface area (Å²) in [5.41, 5.74) is 9.69. The maximum absolute atomic E-state index is 12.1. The summed E-state index contributed by atoms with van der Waals surface area (Å²) >= 11 is 5.62. The Morgan fingerprint density at radius 3 is 2.88 bits per heavy atom. The van der Waals surface area contributed by atoms with Crippen molar-refractivity contribution in [1.82, 2.24) is 0 Å². The van der Waals surface area contributed by atoms with Crippen LogP contribution in [-0.4, -0.2) is 22.9 Å². The van der Waals surface area contributed by atoms with E-state index >= 15 is 0 Å². The molecule has 5 nitrogen and oxygen atoms in total. The number of carboxylic acid groups (broad SMARTS) is 1. The fourth-order valence-electron chi connectivity index (χ4n) is 0.922. The van der Waals surface area contributed by atoms with Crippen molar-refractivity contribution in [3.63, 3.8) is 0 Å². The molecule has 0 aliphatic rings. The molecular weight excluding hydrogens is 232 g/mol. The number of rotatable bonds is 4. The number of hydrogen-bond donors (Lipinski definition) is 3. The summed E-state index contributed by atoms with van der Waals surface area (Å²) in [7, 11) is 0. The molecule has 0 fully saturated rings. The van der Waals surface area contributed by atoms with Gasteiger partial charge in [-0.05, 0) is 18.2 Å². The minimum absolute atomic E-state index is 0.0627. The minimum Gasteiger partial charge on any atom is -0.480 e. The first-order valence-corrected chi connectivity index (χ1v) is 4.43. The Kier molecular flexibility index (Phi) is 2.37. The number of aliphatic carboxylic acids is 1. The number of carboxylic acids is 1. The largest absolute Gasteiger partial charge is 0.480 e. The predicted molar refractivity (Wildman–Crippen MR) is 60.4 cm³/mol. The third-order valence-electron chi connectivity index (χ3n) is 1.64. The number of carbonyl (C=O) groups is 2. The Balaban J connectivity index is 3.43. The Bertz CT molecular complexity index is 569. The Labute approximate surface area is 103 Å². The lowest BCUT2D eigenvalue weighted by atomic mass is 10.0. The van der Waals surface area contributed by atoms with Gasteiger partial charge in [0.25, 0.3) is 0 Å². The molecule has 1 unspecified atom stereocenters. The second kappa shape index (κ2) is 4.96. The molecule has 86 valence electrons. The summed E-state index contributed by atoms with van der Waals surface area (Å²) < 4.78 is 29.9. The van der Waals surface area contributed by atoms with E-state index in [2.05, 4.69) is 0 Å². The number of benzene rings is 1. The van der Waals surface area contributed by atoms with E-state index in [4.69, 9.17) is 33.7 Å². The highest BCUT2D eigenvalue weighted by molar-refractivity contribution is 6.31. The van der Waals surface area contributed by atoms with Gasteiger partial charge in [0.2, 0.25) is 0 Å². The average Bonchev–Trinajstić information content (AvgIpc) is 2.26. The van der Waals surface area contributed by atoms with Crippen molar-refractivity contribution >= 4 is 29.0 Å². The predicted octanol–water partition coefficient (Wildman–Crippen LogP) is 0.907. The third-order valence-corrected chi connectivity index (χ3v) is 1.86. The molecule has 1 aromatic carbocycles. The van der Waals surface area contributed by atoms with E-state index < -0.39 is 35.7 Å². The highest BCUT2D eigenvalue weighted by Gasteiger charge is 2.18. The van der Waals surface area contributed by atoms with Crippen molar-refractivity contribution < 1.29 is 20.2 Å². The fraction of sp³-hybridized carbons (Fsp3) is 0.200. The number of carbonyl (C=O) groups excluding carboxylic acids is 1. The summed E-state index contributed by atoms with van der Waals surface area (Å²) in [4.78, 5) is 22.9. The van der Waals surface area contributed by atoms with Gasteiger partial charge in [-0.1, -0.05) is 11.6 Å². The molecule has 0 spiro atoms. The van der Waals surface area contributed by atoms with E-state index in [1.54, 1.807) is 0 Å². The molecule has 0 bridgehead atoms. The van der Waals surface area contributed by atoms with Crippen LogP contribution in [0.1, 0.15) is 22.2 Å². The topological polar surface area (TPSA) is 106 Å². The van der Waals surface area contributed by atoms with Crippen molar-refractivity contribution in [2.45, 2.75) is 12.4 Å². The SMILES string of the molecule is [2H]c1cc(Cl)cc(N)c1C(=O)C([2H])([2H])C([2H])(N)C(=O)O. The highest BCUT2D eigenvalue weighted by atomic mass is 35.5. The number of hydrogen-bond acceptors (Lipinski definition) is 4. The van der Waals surface area contributed by atoms with Gasteiger partial charge >= 0.3 is 5.97 Å². The monoisotopic (exact) mass is 246 g/mol. The van der Waals surface area contributed by atoms with Crippen LogP contribution < -0.4 is 11.5 Å². The maximum atomic E-state index is 12.1. The van der Waals surface area contributed by atoms with Crippen LogP contribution in [0.15, 0.2) is 18.2 Å². The molecule has 0 aromatic heterocycles. The molecule has 0 saturated heterocycles. The van der Waals surface area contributed by atoms with E-state index in [9.17, 15) is 9.59 Å². The lowest BCUT2D eigenvalue weighted by molar-refractivity contribution is -0.138. The van der Waals surface area contributed by atoms with Gasteiger partial charge in [-0.2, -0.15) is 0 Å². The zero-order valence-corrected chi connectivity index (χ0v) is 8.71. The van der Waals surface area contributed by atoms with Crippen molar-refractivity contribution in [1.29, 1.82) is 0 Å². The summed E-state index contributed by atoms with van der Waals surface area (Å²) in [5, 5.41) is 8.81. The van der Waals surface area contributed by atoms with E-state index in [1.165, 1.54) is 0 Å². The van der Waals surface area contributed by atoms with Crippen molar-refractivity contribution in [2.24, 2.45) is 5.73 Å². The average molecular weight is 247 g/mol. The molecule has 0 heterocycles. The molecule has 0 aliphatic carbocycles. The van der Waals surface area contributed by atoms with Gasteiger partial charge in [0, 0.05) is 25.4 Å². The zero-order chi connectivity index (χ0) is 15.9. The van der Waals surface area contributed by atoms with E-state index in [1.807, 2.05) is 0 Å². The second-order valence-corrected chi connectivity index (χ2v) is 3.26. The number of ketones is 1. The van der Waals surface area contributed by atoms with Gasteiger partial charge in [0.05, 0.1) is 2.74 Å². The van der Waals surface area contributed by atoms with Crippen LogP contribution in [-0.2, 0) is 4.79 Å². The van der Waals surface area contributed by atoms with Crippen LogP contribution >= 0.6 is 11.6 Å². The van der Waals surface area contributed by atoms with Crippen LogP contribution in [0.25, 0.3) is 0 Å². The molecule has 0 radical (unpaired) electrons. The lowest BCUT2D eigenvalue weighted by Crippen LogP contribution is -2.32. The van der Waals surface area contributed by atoms with Gasteiger partial charge in [-0.3, -0.25) is 9.59 Å². The minimum atomic E-state index is -3.28. The summed E-state index contributed by atoms with van der Waals surface area (Å²) in [6.45, 7) is 0. The first-order valence-electron chi connectivity index (χ1n) is 6.05. The van der Waals surface area contributed by atoms with E-state index in [0.29, 0.717) is 0 Å². The smallest absolute Gasteiger partial charge is 0.320 e. The van der Waals surface area contributed by atoms with Crippen LogP contribution in [0, 0.1) is 0 Å². The Morgan fingerprint density at radius 2 is 2.38 bits per heavy atom. The van der Waals surface area contributed by atoms with Gasteiger partial charge in [-0.25, -0.2) is 0 Å². The van der Waals surface area contributed by atoms with E-state index in [-0.39, 0.29) is 10.7 Å². The quantitative estimate of drug-likeness (QED) is 0.541. The number of anilines is 1. The first-order chi connectivity index (χ1) is 8.92.